The number of carbonyl (C=O) groups excluding carboxylic acids is 2. The molecule has 150 valence electrons. The van der Waals surface area contributed by atoms with E-state index in [1.165, 1.54) is 0 Å². The number of Topliss-reactive ketones (excluding diaryl/α,β-unsaturated/α-hetero) is 2. The molecule has 3 aliphatic rings. The van der Waals surface area contributed by atoms with E-state index in [2.05, 4.69) is 58.9 Å². The minimum Gasteiger partial charge on any atom is -0.299 e. The Hall–Kier alpha value is -2.22. The van der Waals surface area contributed by atoms with Gasteiger partial charge in [0.05, 0.1) is 5.41 Å². The average molecular weight is 387 g/mol. The highest BCUT2D eigenvalue weighted by atomic mass is 16.2. The Bertz CT molecular complexity index is 960. The van der Waals surface area contributed by atoms with Gasteiger partial charge in [-0.2, -0.15) is 0 Å². The van der Waals surface area contributed by atoms with Crippen molar-refractivity contribution in [3.05, 3.63) is 71.8 Å². The molecule has 0 N–H and O–H groups in total. The maximum atomic E-state index is 14.2. The summed E-state index contributed by atoms with van der Waals surface area (Å²) in [5.74, 6) is 0.452. The first-order valence-corrected chi connectivity index (χ1v) is 10.8. The van der Waals surface area contributed by atoms with Crippen molar-refractivity contribution in [1.82, 2.24) is 0 Å². The normalized spacial score (nSPS) is 37.3. The Morgan fingerprint density at radius 2 is 1.28 bits per heavy atom. The third-order valence-corrected chi connectivity index (χ3v) is 8.67. The van der Waals surface area contributed by atoms with Gasteiger partial charge >= 0.3 is 0 Å². The monoisotopic (exact) mass is 386 g/mol. The van der Waals surface area contributed by atoms with Crippen molar-refractivity contribution in [3.63, 3.8) is 0 Å². The molecular formula is C27H30O2. The lowest BCUT2D eigenvalue weighted by Gasteiger charge is -2.59. The smallest absolute Gasteiger partial charge is 0.145 e. The summed E-state index contributed by atoms with van der Waals surface area (Å²) in [7, 11) is 0. The van der Waals surface area contributed by atoms with Gasteiger partial charge in [-0.25, -0.2) is 0 Å². The topological polar surface area (TPSA) is 34.1 Å². The van der Waals surface area contributed by atoms with Crippen molar-refractivity contribution >= 4 is 11.6 Å². The van der Waals surface area contributed by atoms with Crippen molar-refractivity contribution in [2.24, 2.45) is 34.0 Å². The van der Waals surface area contributed by atoms with Gasteiger partial charge in [-0.05, 0) is 28.9 Å². The van der Waals surface area contributed by atoms with Crippen LogP contribution in [0.25, 0.3) is 0 Å². The van der Waals surface area contributed by atoms with Crippen LogP contribution in [0.5, 0.6) is 0 Å². The summed E-state index contributed by atoms with van der Waals surface area (Å²) in [5, 5.41) is 0. The molecule has 0 bridgehead atoms. The van der Waals surface area contributed by atoms with E-state index < -0.39 is 16.2 Å². The number of hydrogen-bond acceptors (Lipinski definition) is 2. The van der Waals surface area contributed by atoms with Gasteiger partial charge in [-0.15, -0.1) is 0 Å². The Morgan fingerprint density at radius 1 is 0.793 bits per heavy atom. The second-order valence-electron chi connectivity index (χ2n) is 11.0. The van der Waals surface area contributed by atoms with Gasteiger partial charge in [-0.3, -0.25) is 9.59 Å². The molecule has 0 radical (unpaired) electrons. The van der Waals surface area contributed by atoms with E-state index in [9.17, 15) is 9.59 Å². The third kappa shape index (κ3) is 1.98. The van der Waals surface area contributed by atoms with Crippen LogP contribution >= 0.6 is 0 Å². The minimum absolute atomic E-state index is 0.0281. The molecule has 0 aliphatic heterocycles. The SMILES string of the molecule is CC(C)(C)[C@@H]1C[C@]2(C)C(=O)[C@H]3C(c4ccccc4)(c4ccccc4)[C@@]3(C)C(=O)[C@H]12. The molecule has 2 aromatic rings. The predicted octanol–water partition coefficient (Wildman–Crippen LogP) is 5.45. The lowest BCUT2D eigenvalue weighted by Crippen LogP contribution is -2.63. The largest absolute Gasteiger partial charge is 0.299 e. The van der Waals surface area contributed by atoms with E-state index in [0.717, 1.165) is 17.5 Å². The zero-order valence-corrected chi connectivity index (χ0v) is 18.0. The number of benzene rings is 2. The molecule has 2 aromatic carbocycles. The molecule has 0 amide bonds. The lowest BCUT2D eigenvalue weighted by molar-refractivity contribution is -0.174. The van der Waals surface area contributed by atoms with E-state index in [0.29, 0.717) is 11.6 Å². The highest BCUT2D eigenvalue weighted by molar-refractivity contribution is 6.13. The van der Waals surface area contributed by atoms with Crippen LogP contribution < -0.4 is 0 Å². The summed E-state index contributed by atoms with van der Waals surface area (Å²) in [6.45, 7) is 10.7. The van der Waals surface area contributed by atoms with Crippen molar-refractivity contribution in [2.45, 2.75) is 46.5 Å². The summed E-state index contributed by atoms with van der Waals surface area (Å²) in [4.78, 5) is 28.2. The van der Waals surface area contributed by atoms with Crippen LogP contribution in [0.4, 0.5) is 0 Å². The summed E-state index contributed by atoms with van der Waals surface area (Å²) >= 11 is 0. The zero-order valence-electron chi connectivity index (χ0n) is 18.0. The van der Waals surface area contributed by atoms with Crippen LogP contribution in [0.3, 0.4) is 0 Å². The molecule has 3 fully saturated rings. The Labute approximate surface area is 173 Å². The summed E-state index contributed by atoms with van der Waals surface area (Å²) in [5.41, 5.74) is 0.494. The molecule has 0 unspecified atom stereocenters. The van der Waals surface area contributed by atoms with Crippen LogP contribution in [0.1, 0.15) is 52.2 Å². The van der Waals surface area contributed by atoms with Crippen molar-refractivity contribution in [1.29, 1.82) is 0 Å². The highest BCUT2D eigenvalue weighted by Gasteiger charge is 2.88. The van der Waals surface area contributed by atoms with Gasteiger partial charge < -0.3 is 0 Å². The summed E-state index contributed by atoms with van der Waals surface area (Å²) < 4.78 is 0. The molecule has 5 atom stereocenters. The number of hydrogen-bond donors (Lipinski definition) is 0. The lowest BCUT2D eigenvalue weighted by atomic mass is 9.42. The van der Waals surface area contributed by atoms with E-state index in [-0.39, 0.29) is 23.2 Å². The summed E-state index contributed by atoms with van der Waals surface area (Å²) in [6.07, 6.45) is 0.831. The molecule has 3 aliphatic carbocycles. The van der Waals surface area contributed by atoms with Crippen LogP contribution in [0, 0.1) is 34.0 Å². The fourth-order valence-electron chi connectivity index (χ4n) is 7.09. The number of fused-ring (bicyclic) bond motifs is 2. The first kappa shape index (κ1) is 18.8. The van der Waals surface area contributed by atoms with Crippen LogP contribution in [-0.2, 0) is 15.0 Å². The molecule has 2 nitrogen and oxygen atoms in total. The van der Waals surface area contributed by atoms with E-state index in [4.69, 9.17) is 0 Å². The van der Waals surface area contributed by atoms with Gasteiger partial charge in [0.1, 0.15) is 11.6 Å². The number of rotatable bonds is 2. The standard InChI is InChI=1S/C27H30O2/c1-24(2,3)19-16-25(4)20(19)22(28)26(5)21(23(25)29)27(26,17-12-8-6-9-13-17)18-14-10-7-11-15-18/h6-15,19-21H,16H2,1-5H3/t19-,20+,21-,25+,26-/m1/s1. The van der Waals surface area contributed by atoms with Crippen LogP contribution in [0.15, 0.2) is 60.7 Å². The Morgan fingerprint density at radius 3 is 1.72 bits per heavy atom. The molecular weight excluding hydrogens is 356 g/mol. The summed E-state index contributed by atoms with van der Waals surface area (Å²) in [6, 6.07) is 20.5. The fourth-order valence-corrected chi connectivity index (χ4v) is 7.09. The molecule has 5 rings (SSSR count). The van der Waals surface area contributed by atoms with Gasteiger partial charge in [0.25, 0.3) is 0 Å². The number of ketones is 2. The Balaban J connectivity index is 1.73. The van der Waals surface area contributed by atoms with E-state index >= 15 is 0 Å². The van der Waals surface area contributed by atoms with E-state index in [1.54, 1.807) is 0 Å². The van der Waals surface area contributed by atoms with Crippen molar-refractivity contribution in [3.8, 4) is 0 Å². The van der Waals surface area contributed by atoms with Crippen LogP contribution in [-0.4, -0.2) is 11.6 Å². The molecule has 0 saturated heterocycles. The molecule has 29 heavy (non-hydrogen) atoms. The van der Waals surface area contributed by atoms with Gasteiger partial charge in [0.15, 0.2) is 0 Å². The van der Waals surface area contributed by atoms with Gasteiger partial charge in [-0.1, -0.05) is 95.3 Å². The highest BCUT2D eigenvalue weighted by Crippen LogP contribution is 2.81. The minimum atomic E-state index is -0.666. The maximum absolute atomic E-state index is 14.2. The van der Waals surface area contributed by atoms with Crippen molar-refractivity contribution < 1.29 is 9.59 Å². The molecule has 0 spiro atoms. The molecule has 2 heteroatoms. The first-order chi connectivity index (χ1) is 13.6. The van der Waals surface area contributed by atoms with Gasteiger partial charge in [0, 0.05) is 22.7 Å². The second kappa shape index (κ2) is 5.47. The van der Waals surface area contributed by atoms with Crippen LogP contribution in [0.2, 0.25) is 0 Å². The third-order valence-electron chi connectivity index (χ3n) is 8.67. The quantitative estimate of drug-likeness (QED) is 0.688. The van der Waals surface area contributed by atoms with E-state index in [1.807, 2.05) is 36.4 Å². The average Bonchev–Trinajstić information content (AvgIpc) is 3.27. The maximum Gasteiger partial charge on any atom is 0.145 e. The fraction of sp³-hybridized carbons (Fsp3) is 0.481. The first-order valence-electron chi connectivity index (χ1n) is 10.8. The van der Waals surface area contributed by atoms with Crippen molar-refractivity contribution in [2.75, 3.05) is 0 Å². The molecule has 0 heterocycles. The second-order valence-corrected chi connectivity index (χ2v) is 11.0. The molecule has 3 saturated carbocycles. The zero-order chi connectivity index (χ0) is 20.8. The van der Waals surface area contributed by atoms with Gasteiger partial charge in [0.2, 0.25) is 0 Å². The Kier molecular flexibility index (Phi) is 3.55. The molecule has 0 aromatic heterocycles. The number of carbonyl (C=O) groups is 2. The predicted molar refractivity (Wildman–Crippen MR) is 114 cm³/mol.